The molecule has 1 aliphatic heterocycles. The molecule has 0 saturated carbocycles. The minimum Gasteiger partial charge on any atom is -0.378 e. The first-order chi connectivity index (χ1) is 16.7. The summed E-state index contributed by atoms with van der Waals surface area (Å²) < 4.78 is 13.3. The Balaban J connectivity index is 1.63. The number of nitrogens with two attached hydrogens (primary N) is 1. The van der Waals surface area contributed by atoms with E-state index in [1.54, 1.807) is 17.0 Å². The summed E-state index contributed by atoms with van der Waals surface area (Å²) in [6, 6.07) is 13.1. The first-order valence-corrected chi connectivity index (χ1v) is 11.9. The molecule has 1 fully saturated rings. The quantitative estimate of drug-likeness (QED) is 0.568. The lowest BCUT2D eigenvalue weighted by molar-refractivity contribution is -0.136. The highest BCUT2D eigenvalue weighted by atomic mass is 19.1. The molecule has 9 heteroatoms. The van der Waals surface area contributed by atoms with Gasteiger partial charge in [0.2, 0.25) is 17.7 Å². The van der Waals surface area contributed by atoms with E-state index in [0.29, 0.717) is 19.6 Å². The summed E-state index contributed by atoms with van der Waals surface area (Å²) in [7, 11) is 3.89. The molecule has 1 saturated heterocycles. The molecule has 35 heavy (non-hydrogen) atoms. The molecule has 2 aromatic carbocycles. The summed E-state index contributed by atoms with van der Waals surface area (Å²) in [5, 5.41) is 2.82. The number of hydrogen-bond acceptors (Lipinski definition) is 5. The summed E-state index contributed by atoms with van der Waals surface area (Å²) in [6.45, 7) is 2.32. The van der Waals surface area contributed by atoms with Gasteiger partial charge in [-0.05, 0) is 54.8 Å². The average molecular weight is 484 g/mol. The Morgan fingerprint density at radius 2 is 1.69 bits per heavy atom. The number of amides is 3. The van der Waals surface area contributed by atoms with E-state index in [4.69, 9.17) is 5.73 Å². The highest BCUT2D eigenvalue weighted by Crippen LogP contribution is 2.18. The molecule has 0 aromatic heterocycles. The van der Waals surface area contributed by atoms with Gasteiger partial charge in [0.15, 0.2) is 0 Å². The number of rotatable bonds is 9. The Bertz CT molecular complexity index is 1010. The number of primary amides is 1. The standard InChI is InChI=1S/C26H34FN5O3/c1-30(2)21-8-4-19(5-9-21)18-25(34)29-23(12-13-24(28)33)26(35)32-15-3-14-31(16-17-32)22-10-6-20(27)7-11-22/h4-11,23H,3,12-18H2,1-2H3,(H2,28,33)(H,29,34)/t23-/m0/s1. The molecule has 3 N–H and O–H groups in total. The van der Waals surface area contributed by atoms with Crippen LogP contribution in [0.5, 0.6) is 0 Å². The van der Waals surface area contributed by atoms with Crippen molar-refractivity contribution >= 4 is 29.1 Å². The highest BCUT2D eigenvalue weighted by Gasteiger charge is 2.28. The molecule has 3 rings (SSSR count). The molecule has 188 valence electrons. The molecule has 0 unspecified atom stereocenters. The largest absolute Gasteiger partial charge is 0.378 e. The number of carbonyl (C=O) groups is 3. The second-order valence-electron chi connectivity index (χ2n) is 9.01. The number of halogens is 1. The van der Waals surface area contributed by atoms with Crippen molar-refractivity contribution in [2.45, 2.75) is 31.7 Å². The molecule has 1 atom stereocenters. The number of nitrogens with zero attached hydrogens (tertiary/aromatic N) is 3. The molecule has 2 aromatic rings. The van der Waals surface area contributed by atoms with Crippen LogP contribution in [0.15, 0.2) is 48.5 Å². The Morgan fingerprint density at radius 3 is 2.31 bits per heavy atom. The Hall–Kier alpha value is -3.62. The molecule has 1 heterocycles. The zero-order valence-electron chi connectivity index (χ0n) is 20.4. The summed E-state index contributed by atoms with van der Waals surface area (Å²) in [5.74, 6) is -1.31. The molecule has 0 radical (unpaired) electrons. The van der Waals surface area contributed by atoms with Gasteiger partial charge in [-0.3, -0.25) is 14.4 Å². The maximum Gasteiger partial charge on any atom is 0.245 e. The van der Waals surface area contributed by atoms with Crippen molar-refractivity contribution in [2.75, 3.05) is 50.1 Å². The van der Waals surface area contributed by atoms with Crippen LogP contribution in [0.3, 0.4) is 0 Å². The lowest BCUT2D eigenvalue weighted by atomic mass is 10.1. The lowest BCUT2D eigenvalue weighted by Gasteiger charge is -2.27. The molecular formula is C26H34FN5O3. The van der Waals surface area contributed by atoms with Crippen LogP contribution in [-0.4, -0.2) is 68.9 Å². The van der Waals surface area contributed by atoms with E-state index in [-0.39, 0.29) is 36.9 Å². The minimum absolute atomic E-state index is 0.00373. The van der Waals surface area contributed by atoms with Crippen LogP contribution in [-0.2, 0) is 20.8 Å². The van der Waals surface area contributed by atoms with Gasteiger partial charge in [0.1, 0.15) is 11.9 Å². The molecule has 0 bridgehead atoms. The van der Waals surface area contributed by atoms with Gasteiger partial charge < -0.3 is 25.8 Å². The number of anilines is 2. The van der Waals surface area contributed by atoms with Gasteiger partial charge >= 0.3 is 0 Å². The van der Waals surface area contributed by atoms with Gasteiger partial charge in [0.05, 0.1) is 6.42 Å². The third-order valence-corrected chi connectivity index (χ3v) is 6.13. The van der Waals surface area contributed by atoms with Crippen LogP contribution >= 0.6 is 0 Å². The third-order valence-electron chi connectivity index (χ3n) is 6.13. The Labute approximate surface area is 205 Å². The molecule has 3 amide bonds. The second-order valence-corrected chi connectivity index (χ2v) is 9.01. The predicted molar refractivity (Wildman–Crippen MR) is 135 cm³/mol. The molecule has 8 nitrogen and oxygen atoms in total. The highest BCUT2D eigenvalue weighted by molar-refractivity contribution is 5.89. The fourth-order valence-corrected chi connectivity index (χ4v) is 4.16. The fourth-order valence-electron chi connectivity index (χ4n) is 4.16. The summed E-state index contributed by atoms with van der Waals surface area (Å²) in [5.41, 5.74) is 8.08. The predicted octanol–water partition coefficient (Wildman–Crippen LogP) is 1.92. The summed E-state index contributed by atoms with van der Waals surface area (Å²) in [4.78, 5) is 43.3. The van der Waals surface area contributed by atoms with E-state index in [0.717, 1.165) is 29.9 Å². The van der Waals surface area contributed by atoms with Crippen molar-refractivity contribution in [3.8, 4) is 0 Å². The summed E-state index contributed by atoms with van der Waals surface area (Å²) >= 11 is 0. The first-order valence-electron chi connectivity index (χ1n) is 11.9. The van der Waals surface area contributed by atoms with Crippen LogP contribution in [0, 0.1) is 5.82 Å². The zero-order chi connectivity index (χ0) is 25.4. The van der Waals surface area contributed by atoms with Crippen LogP contribution in [0.4, 0.5) is 15.8 Å². The molecule has 0 spiro atoms. The molecule has 1 aliphatic rings. The first kappa shape index (κ1) is 26.0. The average Bonchev–Trinajstić information content (AvgIpc) is 3.08. The van der Waals surface area contributed by atoms with E-state index < -0.39 is 11.9 Å². The lowest BCUT2D eigenvalue weighted by Crippen LogP contribution is -2.50. The van der Waals surface area contributed by atoms with Gasteiger partial charge in [0.25, 0.3) is 0 Å². The van der Waals surface area contributed by atoms with Crippen molar-refractivity contribution in [1.29, 1.82) is 0 Å². The number of nitrogens with one attached hydrogen (secondary N) is 1. The SMILES string of the molecule is CN(C)c1ccc(CC(=O)N[C@@H](CCC(N)=O)C(=O)N2CCCN(c3ccc(F)cc3)CC2)cc1. The van der Waals surface area contributed by atoms with Gasteiger partial charge in [-0.1, -0.05) is 12.1 Å². The zero-order valence-corrected chi connectivity index (χ0v) is 20.4. The van der Waals surface area contributed by atoms with Crippen molar-refractivity contribution in [1.82, 2.24) is 10.2 Å². The van der Waals surface area contributed by atoms with E-state index in [1.807, 2.05) is 43.3 Å². The molecular weight excluding hydrogens is 449 g/mol. The van der Waals surface area contributed by atoms with Crippen LogP contribution in [0.25, 0.3) is 0 Å². The maximum atomic E-state index is 13.3. The van der Waals surface area contributed by atoms with Gasteiger partial charge in [0, 0.05) is 58.1 Å². The normalized spacial score (nSPS) is 14.7. The number of hydrogen-bond donors (Lipinski definition) is 2. The van der Waals surface area contributed by atoms with E-state index in [2.05, 4.69) is 10.2 Å². The van der Waals surface area contributed by atoms with Crippen LogP contribution in [0.1, 0.15) is 24.8 Å². The van der Waals surface area contributed by atoms with Crippen LogP contribution < -0.4 is 20.9 Å². The topological polar surface area (TPSA) is 99.0 Å². The van der Waals surface area contributed by atoms with E-state index >= 15 is 0 Å². The van der Waals surface area contributed by atoms with Gasteiger partial charge in [-0.25, -0.2) is 4.39 Å². The van der Waals surface area contributed by atoms with E-state index in [1.165, 1.54) is 12.1 Å². The molecule has 0 aliphatic carbocycles. The maximum absolute atomic E-state index is 13.3. The van der Waals surface area contributed by atoms with Gasteiger partial charge in [-0.15, -0.1) is 0 Å². The third kappa shape index (κ3) is 7.70. The Morgan fingerprint density at radius 1 is 1.00 bits per heavy atom. The van der Waals surface area contributed by atoms with Gasteiger partial charge in [-0.2, -0.15) is 0 Å². The monoisotopic (exact) mass is 483 g/mol. The smallest absolute Gasteiger partial charge is 0.245 e. The fraction of sp³-hybridized carbons (Fsp3) is 0.423. The minimum atomic E-state index is -0.826. The van der Waals surface area contributed by atoms with Crippen molar-refractivity contribution in [3.63, 3.8) is 0 Å². The van der Waals surface area contributed by atoms with Crippen molar-refractivity contribution in [2.24, 2.45) is 5.73 Å². The van der Waals surface area contributed by atoms with Crippen molar-refractivity contribution < 1.29 is 18.8 Å². The second kappa shape index (κ2) is 12.2. The number of carbonyl (C=O) groups excluding carboxylic acids is 3. The summed E-state index contributed by atoms with van der Waals surface area (Å²) in [6.07, 6.45) is 1.02. The van der Waals surface area contributed by atoms with Crippen molar-refractivity contribution in [3.05, 3.63) is 59.9 Å². The van der Waals surface area contributed by atoms with E-state index in [9.17, 15) is 18.8 Å². The Kier molecular flexibility index (Phi) is 9.05. The number of benzene rings is 2. The van der Waals surface area contributed by atoms with Crippen LogP contribution in [0.2, 0.25) is 0 Å².